The molecule has 3 heterocycles. The Morgan fingerprint density at radius 1 is 0.476 bits per heavy atom. The van der Waals surface area contributed by atoms with Crippen molar-refractivity contribution >= 4 is 64.2 Å². The minimum absolute atomic E-state index is 1.01. The number of nitrogens with zero attached hydrogens (tertiary/aromatic N) is 2. The molecule has 0 fully saturated rings. The van der Waals surface area contributed by atoms with Crippen molar-refractivity contribution in [2.45, 2.75) is 0 Å². The van der Waals surface area contributed by atoms with Crippen LogP contribution in [0.25, 0.3) is 81.0 Å². The third-order valence-corrected chi connectivity index (χ3v) is 9.66. The van der Waals surface area contributed by atoms with E-state index in [0.29, 0.717) is 0 Å². The molecule has 9 aromatic rings. The van der Waals surface area contributed by atoms with Gasteiger partial charge in [-0.25, -0.2) is 4.98 Å². The van der Waals surface area contributed by atoms with E-state index in [1.54, 1.807) is 0 Å². The predicted octanol–water partition coefficient (Wildman–Crippen LogP) is 11.0. The van der Waals surface area contributed by atoms with E-state index in [1.165, 1.54) is 69.7 Å². The van der Waals surface area contributed by atoms with Crippen LogP contribution in [-0.2, 0) is 0 Å². The number of hydrogen-bond acceptors (Lipinski definition) is 2. The number of pyridine rings is 1. The molecule has 6 aromatic carbocycles. The lowest BCUT2D eigenvalue weighted by atomic mass is 9.97. The predicted molar refractivity (Wildman–Crippen MR) is 180 cm³/mol. The summed E-state index contributed by atoms with van der Waals surface area (Å²) in [4.78, 5) is 5.21. The van der Waals surface area contributed by atoms with Gasteiger partial charge in [0.05, 0.1) is 22.2 Å². The average Bonchev–Trinajstić information content (AvgIpc) is 3.61. The van der Waals surface area contributed by atoms with Gasteiger partial charge in [-0.1, -0.05) is 109 Å². The first-order valence-electron chi connectivity index (χ1n) is 14.2. The molecule has 3 aromatic heterocycles. The zero-order valence-electron chi connectivity index (χ0n) is 22.7. The Kier molecular flexibility index (Phi) is 5.10. The summed E-state index contributed by atoms with van der Waals surface area (Å²) < 4.78 is 5.00. The van der Waals surface area contributed by atoms with Crippen molar-refractivity contribution in [2.24, 2.45) is 0 Å². The van der Waals surface area contributed by atoms with Crippen molar-refractivity contribution in [3.05, 3.63) is 146 Å². The van der Waals surface area contributed by atoms with Gasteiger partial charge in [-0.2, -0.15) is 0 Å². The highest BCUT2D eigenvalue weighted by Crippen LogP contribution is 2.46. The molecule has 0 aliphatic carbocycles. The Morgan fingerprint density at radius 2 is 1.17 bits per heavy atom. The van der Waals surface area contributed by atoms with Crippen molar-refractivity contribution < 1.29 is 0 Å². The Morgan fingerprint density at radius 3 is 2.02 bits per heavy atom. The van der Waals surface area contributed by atoms with E-state index in [4.69, 9.17) is 4.98 Å². The van der Waals surface area contributed by atoms with Gasteiger partial charge in [-0.15, -0.1) is 11.3 Å². The Hall–Kier alpha value is -5.25. The Labute approximate surface area is 246 Å². The van der Waals surface area contributed by atoms with Crippen LogP contribution in [0.2, 0.25) is 0 Å². The van der Waals surface area contributed by atoms with Crippen LogP contribution in [0.3, 0.4) is 0 Å². The van der Waals surface area contributed by atoms with E-state index in [9.17, 15) is 0 Å². The number of para-hydroxylation sites is 3. The van der Waals surface area contributed by atoms with Gasteiger partial charge < -0.3 is 4.57 Å². The smallest absolute Gasteiger partial charge is 0.0730 e. The average molecular weight is 553 g/mol. The van der Waals surface area contributed by atoms with Crippen molar-refractivity contribution in [2.75, 3.05) is 0 Å². The molecule has 3 heteroatoms. The quantitative estimate of drug-likeness (QED) is 0.213. The minimum atomic E-state index is 1.01. The maximum Gasteiger partial charge on any atom is 0.0730 e. The lowest BCUT2D eigenvalue weighted by Gasteiger charge is -2.11. The zero-order chi connectivity index (χ0) is 27.6. The van der Waals surface area contributed by atoms with Crippen LogP contribution in [-0.4, -0.2) is 9.55 Å². The van der Waals surface area contributed by atoms with E-state index in [2.05, 4.69) is 150 Å². The first kappa shape index (κ1) is 23.5. The number of benzene rings is 6. The molecule has 0 aliphatic heterocycles. The Bertz CT molecular complexity index is 2450. The second-order valence-corrected chi connectivity index (χ2v) is 11.8. The number of rotatable bonds is 3. The van der Waals surface area contributed by atoms with Gasteiger partial charge in [-0.3, -0.25) is 0 Å². The summed E-state index contributed by atoms with van der Waals surface area (Å²) in [6.45, 7) is 0. The molecule has 0 radical (unpaired) electrons. The molecular formula is C39H24N2S. The molecular weight excluding hydrogens is 529 g/mol. The molecule has 0 spiro atoms. The van der Waals surface area contributed by atoms with Crippen LogP contribution in [0, 0.1) is 0 Å². The number of fused-ring (bicyclic) bond motifs is 8. The van der Waals surface area contributed by atoms with Gasteiger partial charge in [-0.05, 0) is 47.5 Å². The molecule has 0 saturated carbocycles. The van der Waals surface area contributed by atoms with Gasteiger partial charge in [0.2, 0.25) is 0 Å². The molecule has 9 rings (SSSR count). The van der Waals surface area contributed by atoms with E-state index < -0.39 is 0 Å². The summed E-state index contributed by atoms with van der Waals surface area (Å²) in [6.07, 6.45) is 0. The summed E-state index contributed by atoms with van der Waals surface area (Å²) in [5.41, 5.74) is 9.26. The molecule has 0 bridgehead atoms. The van der Waals surface area contributed by atoms with E-state index in [-0.39, 0.29) is 0 Å². The fraction of sp³-hybridized carbons (Fsp3) is 0. The molecule has 0 unspecified atom stereocenters. The van der Waals surface area contributed by atoms with Gasteiger partial charge in [0.1, 0.15) is 0 Å². The van der Waals surface area contributed by atoms with Gasteiger partial charge in [0, 0.05) is 47.6 Å². The van der Waals surface area contributed by atoms with Crippen molar-refractivity contribution in [1.82, 2.24) is 9.55 Å². The lowest BCUT2D eigenvalue weighted by molar-refractivity contribution is 1.18. The third kappa shape index (κ3) is 3.41. The minimum Gasteiger partial charge on any atom is -0.309 e. The molecule has 42 heavy (non-hydrogen) atoms. The van der Waals surface area contributed by atoms with Gasteiger partial charge in [0.15, 0.2) is 0 Å². The summed E-state index contributed by atoms with van der Waals surface area (Å²) in [5, 5.41) is 6.35. The number of aromatic nitrogens is 2. The molecule has 0 amide bonds. The Balaban J connectivity index is 1.36. The van der Waals surface area contributed by atoms with Crippen molar-refractivity contribution in [3.63, 3.8) is 0 Å². The summed E-state index contributed by atoms with van der Waals surface area (Å²) >= 11 is 1.89. The van der Waals surface area contributed by atoms with Crippen LogP contribution in [0.5, 0.6) is 0 Å². The van der Waals surface area contributed by atoms with Crippen molar-refractivity contribution in [3.8, 4) is 28.1 Å². The maximum absolute atomic E-state index is 5.21. The van der Waals surface area contributed by atoms with Crippen LogP contribution in [0.4, 0.5) is 0 Å². The van der Waals surface area contributed by atoms with Gasteiger partial charge in [0.25, 0.3) is 0 Å². The number of hydrogen-bond donors (Lipinski definition) is 0. The van der Waals surface area contributed by atoms with Crippen LogP contribution >= 0.6 is 11.3 Å². The van der Waals surface area contributed by atoms with E-state index >= 15 is 0 Å². The highest BCUT2D eigenvalue weighted by atomic mass is 32.1. The molecule has 0 atom stereocenters. The molecule has 2 nitrogen and oxygen atoms in total. The largest absolute Gasteiger partial charge is 0.309 e. The zero-order valence-corrected chi connectivity index (χ0v) is 23.5. The monoisotopic (exact) mass is 552 g/mol. The normalized spacial score (nSPS) is 11.8. The summed E-state index contributed by atoms with van der Waals surface area (Å²) in [5.74, 6) is 0. The summed E-state index contributed by atoms with van der Waals surface area (Å²) in [6, 6.07) is 52.1. The standard InChI is InChI=1S/C39H24N2S/c1-3-12-25(13-4-1)32-24-34(40-33-20-9-7-16-27(32)33)30-19-11-18-28-29-22-23-36-37(39(29)42-38(28)30)31-17-8-10-21-35(31)41(36)26-14-5-2-6-15-26/h1-24H. The van der Waals surface area contributed by atoms with Crippen LogP contribution in [0.1, 0.15) is 0 Å². The number of thiophene rings is 1. The fourth-order valence-electron chi connectivity index (χ4n) is 6.53. The second-order valence-electron chi connectivity index (χ2n) is 10.7. The second kappa shape index (κ2) is 9.13. The van der Waals surface area contributed by atoms with Gasteiger partial charge >= 0.3 is 0 Å². The first-order chi connectivity index (χ1) is 20.8. The molecule has 0 N–H and O–H groups in total. The fourth-order valence-corrected chi connectivity index (χ4v) is 7.91. The van der Waals surface area contributed by atoms with E-state index in [0.717, 1.165) is 11.2 Å². The summed E-state index contributed by atoms with van der Waals surface area (Å²) in [7, 11) is 0. The molecule has 0 saturated heterocycles. The van der Waals surface area contributed by atoms with E-state index in [1.807, 2.05) is 11.3 Å². The SMILES string of the molecule is c1ccc(-c2cc(-c3cccc4c3sc3c4ccc4c3c3ccccc3n4-c3ccccc3)nc3ccccc23)cc1. The van der Waals surface area contributed by atoms with Crippen LogP contribution < -0.4 is 0 Å². The molecule has 196 valence electrons. The van der Waals surface area contributed by atoms with Crippen molar-refractivity contribution in [1.29, 1.82) is 0 Å². The highest BCUT2D eigenvalue weighted by Gasteiger charge is 2.19. The highest BCUT2D eigenvalue weighted by molar-refractivity contribution is 7.27. The lowest BCUT2D eigenvalue weighted by Crippen LogP contribution is -1.92. The third-order valence-electron chi connectivity index (χ3n) is 8.39. The maximum atomic E-state index is 5.21. The topological polar surface area (TPSA) is 17.8 Å². The molecule has 0 aliphatic rings. The first-order valence-corrected chi connectivity index (χ1v) is 15.1. The van der Waals surface area contributed by atoms with Crippen LogP contribution in [0.15, 0.2) is 146 Å².